The van der Waals surface area contributed by atoms with Gasteiger partial charge in [-0.25, -0.2) is 13.2 Å². The van der Waals surface area contributed by atoms with Crippen LogP contribution in [0.4, 0.5) is 5.00 Å². The molecule has 1 aliphatic heterocycles. The van der Waals surface area contributed by atoms with Crippen LogP contribution >= 0.6 is 23.1 Å². The largest absolute Gasteiger partial charge is 0.462 e. The van der Waals surface area contributed by atoms with E-state index >= 15 is 0 Å². The third-order valence-electron chi connectivity index (χ3n) is 4.71. The summed E-state index contributed by atoms with van der Waals surface area (Å²) in [7, 11) is -2.99. The van der Waals surface area contributed by atoms with Crippen molar-refractivity contribution in [3.05, 3.63) is 45.8 Å². The Labute approximate surface area is 179 Å². The van der Waals surface area contributed by atoms with Crippen molar-refractivity contribution in [1.82, 2.24) is 0 Å². The van der Waals surface area contributed by atoms with Gasteiger partial charge in [0.05, 0.1) is 29.2 Å². The number of amides is 1. The molecule has 0 aliphatic carbocycles. The molecule has 2 aromatic rings. The highest BCUT2D eigenvalue weighted by Crippen LogP contribution is 2.36. The van der Waals surface area contributed by atoms with E-state index in [1.807, 2.05) is 26.0 Å². The summed E-state index contributed by atoms with van der Waals surface area (Å²) in [5, 5.41) is 3.26. The number of sulfone groups is 1. The molecule has 3 rings (SSSR count). The maximum Gasteiger partial charge on any atom is 0.341 e. The van der Waals surface area contributed by atoms with Crippen molar-refractivity contribution in [3.8, 4) is 0 Å². The van der Waals surface area contributed by atoms with Gasteiger partial charge in [0, 0.05) is 15.0 Å². The zero-order valence-corrected chi connectivity index (χ0v) is 18.9. The molecule has 0 bridgehead atoms. The number of nitrogens with one attached hydrogen (secondary N) is 1. The fraction of sp³-hybridized carbons (Fsp3) is 0.400. The van der Waals surface area contributed by atoms with Crippen LogP contribution in [0.1, 0.15) is 44.5 Å². The number of benzene rings is 1. The second-order valence-corrected chi connectivity index (χ2v) is 11.6. The van der Waals surface area contributed by atoms with Gasteiger partial charge >= 0.3 is 5.97 Å². The Morgan fingerprint density at radius 3 is 2.66 bits per heavy atom. The van der Waals surface area contributed by atoms with E-state index in [2.05, 4.69) is 5.32 Å². The molecule has 2 heterocycles. The molecule has 0 unspecified atom stereocenters. The minimum absolute atomic E-state index is 0.0599. The molecule has 1 saturated heterocycles. The summed E-state index contributed by atoms with van der Waals surface area (Å²) in [6.45, 7) is 5.71. The number of anilines is 1. The molecule has 1 aromatic carbocycles. The summed E-state index contributed by atoms with van der Waals surface area (Å²) in [6, 6.07) is 7.12. The van der Waals surface area contributed by atoms with Crippen molar-refractivity contribution >= 4 is 49.8 Å². The first kappa shape index (κ1) is 21.9. The maximum absolute atomic E-state index is 13.0. The third kappa shape index (κ3) is 5.02. The summed E-state index contributed by atoms with van der Waals surface area (Å²) in [5.41, 5.74) is 1.64. The van der Waals surface area contributed by atoms with Crippen molar-refractivity contribution in [2.75, 3.05) is 23.4 Å². The van der Waals surface area contributed by atoms with Crippen LogP contribution in [-0.4, -0.2) is 43.7 Å². The lowest BCUT2D eigenvalue weighted by atomic mass is 10.1. The Hall–Kier alpha value is -1.84. The van der Waals surface area contributed by atoms with E-state index in [0.29, 0.717) is 22.5 Å². The van der Waals surface area contributed by atoms with Gasteiger partial charge in [-0.05, 0) is 44.9 Å². The van der Waals surface area contributed by atoms with Crippen molar-refractivity contribution in [2.45, 2.75) is 37.3 Å². The van der Waals surface area contributed by atoms with Gasteiger partial charge in [-0.1, -0.05) is 12.1 Å². The average molecular weight is 454 g/mol. The smallest absolute Gasteiger partial charge is 0.341 e. The van der Waals surface area contributed by atoms with E-state index in [-0.39, 0.29) is 29.3 Å². The number of hydrogen-bond acceptors (Lipinski definition) is 7. The number of aryl methyl sites for hydroxylation is 1. The predicted molar refractivity (Wildman–Crippen MR) is 117 cm³/mol. The number of hydrogen-bond donors (Lipinski definition) is 1. The van der Waals surface area contributed by atoms with Crippen LogP contribution in [0.3, 0.4) is 0 Å². The lowest BCUT2D eigenvalue weighted by Crippen LogP contribution is -2.16. The zero-order valence-electron chi connectivity index (χ0n) is 16.5. The van der Waals surface area contributed by atoms with E-state index in [1.54, 1.807) is 19.1 Å². The topological polar surface area (TPSA) is 89.5 Å². The van der Waals surface area contributed by atoms with Gasteiger partial charge in [0.15, 0.2) is 9.84 Å². The molecule has 1 aromatic heterocycles. The monoisotopic (exact) mass is 453 g/mol. The van der Waals surface area contributed by atoms with Gasteiger partial charge in [0.1, 0.15) is 5.00 Å². The highest BCUT2D eigenvalue weighted by Gasteiger charge is 2.30. The van der Waals surface area contributed by atoms with E-state index in [1.165, 1.54) is 23.1 Å². The molecule has 0 radical (unpaired) electrons. The summed E-state index contributed by atoms with van der Waals surface area (Å²) >= 11 is 2.76. The highest BCUT2D eigenvalue weighted by atomic mass is 32.2. The molecule has 1 amide bonds. The number of carbonyl (C=O) groups is 2. The van der Waals surface area contributed by atoms with Crippen LogP contribution in [0, 0.1) is 13.8 Å². The molecule has 0 spiro atoms. The maximum atomic E-state index is 13.0. The standard InChI is InChI=1S/C20H23NO5S3/c1-4-26-20(23)17-12(2)13(3)27-19(17)21-18(22)15-7-5-6-8-16(15)28-14-9-10-29(24,25)11-14/h5-8,14H,4,9-11H2,1-3H3,(H,21,22)/t14-/m0/s1. The van der Waals surface area contributed by atoms with Gasteiger partial charge in [-0.15, -0.1) is 23.1 Å². The van der Waals surface area contributed by atoms with Crippen molar-refractivity contribution in [1.29, 1.82) is 0 Å². The quantitative estimate of drug-likeness (QED) is 0.663. The van der Waals surface area contributed by atoms with Crippen molar-refractivity contribution in [3.63, 3.8) is 0 Å². The molecule has 1 aliphatic rings. The van der Waals surface area contributed by atoms with Gasteiger partial charge < -0.3 is 10.1 Å². The van der Waals surface area contributed by atoms with Gasteiger partial charge in [0.2, 0.25) is 0 Å². The van der Waals surface area contributed by atoms with E-state index in [9.17, 15) is 18.0 Å². The second kappa shape index (κ2) is 8.89. The van der Waals surface area contributed by atoms with Crippen LogP contribution in [0.15, 0.2) is 29.2 Å². The molecular weight excluding hydrogens is 430 g/mol. The Morgan fingerprint density at radius 2 is 2.00 bits per heavy atom. The lowest BCUT2D eigenvalue weighted by molar-refractivity contribution is 0.0527. The molecule has 1 atom stereocenters. The second-order valence-electron chi connectivity index (χ2n) is 6.80. The van der Waals surface area contributed by atoms with Gasteiger partial charge in [-0.2, -0.15) is 0 Å². The minimum atomic E-state index is -2.99. The molecular formula is C20H23NO5S3. The number of carbonyl (C=O) groups excluding carboxylic acids is 2. The number of thiophene rings is 1. The number of thioether (sulfide) groups is 1. The first-order valence-corrected chi connectivity index (χ1v) is 12.8. The third-order valence-corrected chi connectivity index (χ3v) is 9.16. The highest BCUT2D eigenvalue weighted by molar-refractivity contribution is 8.02. The van der Waals surface area contributed by atoms with Crippen LogP contribution < -0.4 is 5.32 Å². The van der Waals surface area contributed by atoms with Crippen LogP contribution in [0.5, 0.6) is 0 Å². The summed E-state index contributed by atoms with van der Waals surface area (Å²) in [5.74, 6) is -0.469. The molecule has 9 heteroatoms. The minimum Gasteiger partial charge on any atom is -0.462 e. The summed E-state index contributed by atoms with van der Waals surface area (Å²) in [6.07, 6.45) is 0.583. The molecule has 1 fully saturated rings. The van der Waals surface area contributed by atoms with Crippen molar-refractivity contribution < 1.29 is 22.7 Å². The lowest BCUT2D eigenvalue weighted by Gasteiger charge is -2.13. The fourth-order valence-corrected chi connectivity index (χ4v) is 7.79. The van der Waals surface area contributed by atoms with Gasteiger partial charge in [-0.3, -0.25) is 4.79 Å². The normalized spacial score (nSPS) is 17.8. The van der Waals surface area contributed by atoms with E-state index in [0.717, 1.165) is 15.3 Å². The Bertz CT molecular complexity index is 1040. The number of esters is 1. The molecule has 156 valence electrons. The number of ether oxygens (including phenoxy) is 1. The zero-order chi connectivity index (χ0) is 21.2. The van der Waals surface area contributed by atoms with Crippen LogP contribution in [0.25, 0.3) is 0 Å². The molecule has 29 heavy (non-hydrogen) atoms. The first-order valence-electron chi connectivity index (χ1n) is 9.26. The van der Waals surface area contributed by atoms with E-state index in [4.69, 9.17) is 4.74 Å². The SMILES string of the molecule is CCOC(=O)c1c(NC(=O)c2ccccc2S[C@H]2CCS(=O)(=O)C2)sc(C)c1C. The van der Waals surface area contributed by atoms with Gasteiger partial charge in [0.25, 0.3) is 5.91 Å². The Morgan fingerprint density at radius 1 is 1.28 bits per heavy atom. The van der Waals surface area contributed by atoms with Crippen LogP contribution in [-0.2, 0) is 14.6 Å². The fourth-order valence-electron chi connectivity index (χ4n) is 3.12. The molecule has 6 nitrogen and oxygen atoms in total. The molecule has 0 saturated carbocycles. The van der Waals surface area contributed by atoms with E-state index < -0.39 is 15.8 Å². The first-order chi connectivity index (χ1) is 13.7. The average Bonchev–Trinajstić information content (AvgIpc) is 3.14. The van der Waals surface area contributed by atoms with Crippen LogP contribution in [0.2, 0.25) is 0 Å². The predicted octanol–water partition coefficient (Wildman–Crippen LogP) is 4.07. The summed E-state index contributed by atoms with van der Waals surface area (Å²) < 4.78 is 28.6. The van der Waals surface area contributed by atoms with Crippen molar-refractivity contribution in [2.24, 2.45) is 0 Å². The Balaban J connectivity index is 1.84. The molecule has 1 N–H and O–H groups in total. The summed E-state index contributed by atoms with van der Waals surface area (Å²) in [4.78, 5) is 27.0. The number of rotatable bonds is 6. The Kier molecular flexibility index (Phi) is 6.70.